The number of benzene rings is 1. The predicted molar refractivity (Wildman–Crippen MR) is 115 cm³/mol. The van der Waals surface area contributed by atoms with Gasteiger partial charge in [-0.25, -0.2) is 0 Å². The molecule has 0 aliphatic heterocycles. The van der Waals surface area contributed by atoms with Crippen molar-refractivity contribution < 1.29 is 9.72 Å². The van der Waals surface area contributed by atoms with E-state index in [1.165, 1.54) is 23.5 Å². The van der Waals surface area contributed by atoms with Gasteiger partial charge < -0.3 is 9.88 Å². The Hall–Kier alpha value is -3.11. The topological polar surface area (TPSA) is 106 Å². The van der Waals surface area contributed by atoms with Crippen LogP contribution in [-0.2, 0) is 11.3 Å². The predicted octanol–water partition coefficient (Wildman–Crippen LogP) is 4.49. The Kier molecular flexibility index (Phi) is 6.35. The number of nitrogens with one attached hydrogen (secondary N) is 2. The molecule has 2 heterocycles. The van der Waals surface area contributed by atoms with Gasteiger partial charge in [-0.1, -0.05) is 12.1 Å². The summed E-state index contributed by atoms with van der Waals surface area (Å²) in [6.07, 6.45) is 3.10. The number of nitro groups is 1. The van der Waals surface area contributed by atoms with Crippen molar-refractivity contribution in [3.8, 4) is 10.4 Å². The lowest BCUT2D eigenvalue weighted by atomic mass is 10.1. The monoisotopic (exact) mass is 429 g/mol. The second kappa shape index (κ2) is 8.93. The molecule has 29 heavy (non-hydrogen) atoms. The van der Waals surface area contributed by atoms with Crippen molar-refractivity contribution in [1.29, 1.82) is 0 Å². The van der Waals surface area contributed by atoms with E-state index in [0.29, 0.717) is 16.2 Å². The normalized spacial score (nSPS) is 11.3. The van der Waals surface area contributed by atoms with E-state index in [0.717, 1.165) is 9.75 Å². The molecule has 0 bridgehead atoms. The molecule has 150 valence electrons. The van der Waals surface area contributed by atoms with E-state index in [4.69, 9.17) is 12.2 Å². The van der Waals surface area contributed by atoms with Gasteiger partial charge in [-0.2, -0.15) is 5.10 Å². The number of amides is 1. The van der Waals surface area contributed by atoms with Gasteiger partial charge >= 0.3 is 0 Å². The van der Waals surface area contributed by atoms with Gasteiger partial charge in [0.15, 0.2) is 10.6 Å². The van der Waals surface area contributed by atoms with E-state index in [2.05, 4.69) is 15.5 Å². The van der Waals surface area contributed by atoms with Crippen LogP contribution in [0, 0.1) is 14.9 Å². The molecule has 0 saturated carbocycles. The highest BCUT2D eigenvalue weighted by Crippen LogP contribution is 2.34. The third-order valence-electron chi connectivity index (χ3n) is 4.11. The van der Waals surface area contributed by atoms with Crippen LogP contribution in [0.25, 0.3) is 16.5 Å². The Morgan fingerprint density at radius 3 is 2.86 bits per heavy atom. The number of hydrogen-bond acceptors (Lipinski definition) is 6. The molecule has 0 fully saturated rings. The van der Waals surface area contributed by atoms with Crippen molar-refractivity contribution in [1.82, 2.24) is 20.1 Å². The molecule has 8 nitrogen and oxygen atoms in total. The number of para-hydroxylation sites is 1. The van der Waals surface area contributed by atoms with Gasteiger partial charge in [0.05, 0.1) is 17.0 Å². The van der Waals surface area contributed by atoms with E-state index in [1.807, 2.05) is 30.5 Å². The lowest BCUT2D eigenvalue weighted by molar-refractivity contribution is -0.384. The smallest absolute Gasteiger partial charge is 0.278 e. The third kappa shape index (κ3) is 4.84. The fourth-order valence-corrected chi connectivity index (χ4v) is 4.11. The zero-order valence-corrected chi connectivity index (χ0v) is 17.4. The molecule has 3 aromatic rings. The number of thiophene rings is 1. The number of carbonyl (C=O) groups excluding carboxylic acids is 1. The summed E-state index contributed by atoms with van der Waals surface area (Å²) in [5.74, 6) is 0.386. The Morgan fingerprint density at radius 2 is 2.14 bits per heavy atom. The number of carbonyl (C=O) groups is 1. The van der Waals surface area contributed by atoms with Gasteiger partial charge in [-0.15, -0.1) is 11.3 Å². The molecular formula is C19H19N5O3S2. The molecule has 0 spiro atoms. The van der Waals surface area contributed by atoms with E-state index >= 15 is 0 Å². The summed E-state index contributed by atoms with van der Waals surface area (Å²) in [6.45, 7) is 4.23. The quantitative estimate of drug-likeness (QED) is 0.249. The van der Waals surface area contributed by atoms with Crippen molar-refractivity contribution in [3.63, 3.8) is 0 Å². The SMILES string of the molecule is CC(C)n1c(CNC(=O)C=Cc2ccc(-c3ccccc3[N+](=O)[O-])s2)n[nH]c1=S. The molecule has 0 radical (unpaired) electrons. The molecule has 0 aliphatic rings. The number of nitrogens with zero attached hydrogens (tertiary/aromatic N) is 3. The molecule has 0 saturated heterocycles. The standard InChI is InChI=1S/C19H19N5O3S2/c1-12(2)23-17(21-22-19(23)28)11-20-18(25)10-8-13-7-9-16(29-13)14-5-3-4-6-15(14)24(26)27/h3-10,12H,11H2,1-2H3,(H,20,25)(H,22,28). The molecule has 0 aliphatic carbocycles. The summed E-state index contributed by atoms with van der Waals surface area (Å²) in [7, 11) is 0. The lowest BCUT2D eigenvalue weighted by Crippen LogP contribution is -2.23. The van der Waals surface area contributed by atoms with Crippen LogP contribution in [0.5, 0.6) is 0 Å². The van der Waals surface area contributed by atoms with Crippen LogP contribution in [0.2, 0.25) is 0 Å². The van der Waals surface area contributed by atoms with Crippen LogP contribution in [0.4, 0.5) is 5.69 Å². The van der Waals surface area contributed by atoms with Gasteiger partial charge in [-0.3, -0.25) is 20.0 Å². The Morgan fingerprint density at radius 1 is 1.38 bits per heavy atom. The zero-order valence-electron chi connectivity index (χ0n) is 15.8. The number of hydrogen-bond donors (Lipinski definition) is 2. The van der Waals surface area contributed by atoms with Crippen LogP contribution in [0.3, 0.4) is 0 Å². The summed E-state index contributed by atoms with van der Waals surface area (Å²) in [5, 5.41) is 20.9. The maximum absolute atomic E-state index is 12.1. The van der Waals surface area contributed by atoms with Crippen LogP contribution < -0.4 is 5.32 Å². The van der Waals surface area contributed by atoms with Crippen molar-refractivity contribution in [2.45, 2.75) is 26.4 Å². The van der Waals surface area contributed by atoms with Crippen molar-refractivity contribution in [3.05, 3.63) is 68.1 Å². The average Bonchev–Trinajstić information content (AvgIpc) is 3.31. The molecule has 0 atom stereocenters. The van der Waals surface area contributed by atoms with Gasteiger partial charge in [-0.05, 0) is 50.3 Å². The molecule has 2 aromatic heterocycles. The first-order chi connectivity index (χ1) is 13.9. The minimum atomic E-state index is -0.398. The molecular weight excluding hydrogens is 410 g/mol. The summed E-state index contributed by atoms with van der Waals surface area (Å²) < 4.78 is 2.36. The van der Waals surface area contributed by atoms with Crippen LogP contribution in [0.15, 0.2) is 42.5 Å². The van der Waals surface area contributed by atoms with E-state index in [1.54, 1.807) is 24.3 Å². The van der Waals surface area contributed by atoms with Gasteiger partial charge in [0.2, 0.25) is 5.91 Å². The van der Waals surface area contributed by atoms with Crippen LogP contribution in [-0.4, -0.2) is 25.6 Å². The first-order valence-electron chi connectivity index (χ1n) is 8.82. The number of aromatic amines is 1. The summed E-state index contributed by atoms with van der Waals surface area (Å²) in [4.78, 5) is 24.5. The lowest BCUT2D eigenvalue weighted by Gasteiger charge is -2.10. The second-order valence-corrected chi connectivity index (χ2v) is 7.94. The first kappa shape index (κ1) is 20.6. The second-order valence-electron chi connectivity index (χ2n) is 6.44. The van der Waals surface area contributed by atoms with Crippen LogP contribution in [0.1, 0.15) is 30.6 Å². The fourth-order valence-electron chi connectivity index (χ4n) is 2.81. The summed E-state index contributed by atoms with van der Waals surface area (Å²) in [6, 6.07) is 10.4. The van der Waals surface area contributed by atoms with E-state index in [-0.39, 0.29) is 24.2 Å². The maximum Gasteiger partial charge on any atom is 0.278 e. The number of aromatic nitrogens is 3. The highest BCUT2D eigenvalue weighted by Gasteiger charge is 2.15. The molecule has 3 rings (SSSR count). The third-order valence-corrected chi connectivity index (χ3v) is 5.48. The molecule has 0 unspecified atom stereocenters. The Labute approximate surface area is 176 Å². The zero-order chi connectivity index (χ0) is 21.0. The number of rotatable bonds is 7. The Balaban J connectivity index is 1.67. The van der Waals surface area contributed by atoms with Crippen molar-refractivity contribution >= 4 is 41.2 Å². The minimum absolute atomic E-state index is 0.0567. The first-order valence-corrected chi connectivity index (χ1v) is 10.0. The minimum Gasteiger partial charge on any atom is -0.345 e. The van der Waals surface area contributed by atoms with Gasteiger partial charge in [0, 0.05) is 27.9 Å². The van der Waals surface area contributed by atoms with E-state index in [9.17, 15) is 14.9 Å². The highest BCUT2D eigenvalue weighted by molar-refractivity contribution is 7.71. The molecule has 1 amide bonds. The van der Waals surface area contributed by atoms with Crippen molar-refractivity contribution in [2.75, 3.05) is 0 Å². The summed E-state index contributed by atoms with van der Waals surface area (Å²) >= 11 is 6.57. The molecule has 1 aromatic carbocycles. The number of H-pyrrole nitrogens is 1. The molecule has 2 N–H and O–H groups in total. The summed E-state index contributed by atoms with van der Waals surface area (Å²) in [5.41, 5.74) is 0.615. The van der Waals surface area contributed by atoms with Crippen LogP contribution >= 0.6 is 23.6 Å². The van der Waals surface area contributed by atoms with E-state index < -0.39 is 4.92 Å². The fraction of sp³-hybridized carbons (Fsp3) is 0.211. The number of nitro benzene ring substituents is 1. The maximum atomic E-state index is 12.1. The molecule has 10 heteroatoms. The average molecular weight is 430 g/mol. The highest BCUT2D eigenvalue weighted by atomic mass is 32.1. The Bertz CT molecular complexity index is 1130. The van der Waals surface area contributed by atoms with Gasteiger partial charge in [0.1, 0.15) is 0 Å². The largest absolute Gasteiger partial charge is 0.345 e. The van der Waals surface area contributed by atoms with Crippen molar-refractivity contribution in [2.24, 2.45) is 0 Å². The van der Waals surface area contributed by atoms with Gasteiger partial charge in [0.25, 0.3) is 5.69 Å².